The van der Waals surface area contributed by atoms with E-state index in [1.165, 1.54) is 5.56 Å². The highest BCUT2D eigenvalue weighted by Crippen LogP contribution is 2.38. The minimum absolute atomic E-state index is 0.721. The van der Waals surface area contributed by atoms with Crippen molar-refractivity contribution in [1.82, 2.24) is 25.1 Å². The van der Waals surface area contributed by atoms with Crippen LogP contribution in [0.3, 0.4) is 0 Å². The molecule has 0 aliphatic carbocycles. The maximum Gasteiger partial charge on any atom is 0.142 e. The van der Waals surface area contributed by atoms with E-state index in [4.69, 9.17) is 14.5 Å². The number of hydrogen-bond donors (Lipinski definition) is 1. The van der Waals surface area contributed by atoms with Crippen LogP contribution in [0.2, 0.25) is 0 Å². The molecule has 0 radical (unpaired) electrons. The largest absolute Gasteiger partial charge is 0.361 e. The van der Waals surface area contributed by atoms with Gasteiger partial charge in [0.05, 0.1) is 22.3 Å². The molecule has 0 aliphatic heterocycles. The number of hydrogen-bond acceptors (Lipinski definition) is 5. The monoisotopic (exact) mass is 433 g/mol. The molecule has 33 heavy (non-hydrogen) atoms. The van der Waals surface area contributed by atoms with E-state index < -0.39 is 0 Å². The molecule has 4 aromatic heterocycles. The van der Waals surface area contributed by atoms with Crippen molar-refractivity contribution in [1.29, 1.82) is 0 Å². The Balaban J connectivity index is 1.67. The number of fused-ring (bicyclic) bond motifs is 4. The zero-order valence-corrected chi connectivity index (χ0v) is 19.0. The van der Waals surface area contributed by atoms with E-state index >= 15 is 0 Å². The Morgan fingerprint density at radius 2 is 1.85 bits per heavy atom. The van der Waals surface area contributed by atoms with Crippen LogP contribution in [0.1, 0.15) is 29.8 Å². The molecule has 4 heterocycles. The maximum atomic E-state index is 5.46. The first-order chi connectivity index (χ1) is 16.0. The van der Waals surface area contributed by atoms with Gasteiger partial charge in [-0.25, -0.2) is 9.97 Å². The molecule has 0 fully saturated rings. The number of H-pyrrole nitrogens is 1. The molecular formula is C27H23N5O. The van der Waals surface area contributed by atoms with Crippen molar-refractivity contribution in [2.75, 3.05) is 0 Å². The third kappa shape index (κ3) is 3.02. The molecule has 0 unspecified atom stereocenters. The molecule has 0 amide bonds. The molecular weight excluding hydrogens is 410 g/mol. The van der Waals surface area contributed by atoms with Gasteiger partial charge < -0.3 is 9.51 Å². The SMILES string of the molecule is CCc1cc2c(cc1-c1c(C)noc1C)[nH]c1nc(C)nc(-c3cnc4ccccc4c3)c12. The van der Waals surface area contributed by atoms with Crippen LogP contribution < -0.4 is 0 Å². The quantitative estimate of drug-likeness (QED) is 0.346. The summed E-state index contributed by atoms with van der Waals surface area (Å²) in [6.45, 7) is 8.05. The van der Waals surface area contributed by atoms with Crippen LogP contribution >= 0.6 is 0 Å². The lowest BCUT2D eigenvalue weighted by Gasteiger charge is -2.09. The van der Waals surface area contributed by atoms with Crippen molar-refractivity contribution in [2.45, 2.75) is 34.1 Å². The van der Waals surface area contributed by atoms with E-state index in [1.54, 1.807) is 0 Å². The Labute approximate surface area is 190 Å². The fourth-order valence-corrected chi connectivity index (χ4v) is 4.80. The normalized spacial score (nSPS) is 11.8. The van der Waals surface area contributed by atoms with E-state index in [2.05, 4.69) is 46.3 Å². The van der Waals surface area contributed by atoms with Crippen molar-refractivity contribution in [2.24, 2.45) is 0 Å². The number of aryl methyl sites for hydroxylation is 4. The van der Waals surface area contributed by atoms with Gasteiger partial charge in [0, 0.05) is 33.6 Å². The van der Waals surface area contributed by atoms with Crippen molar-refractivity contribution in [3.63, 3.8) is 0 Å². The second-order valence-corrected chi connectivity index (χ2v) is 8.49. The predicted molar refractivity (Wildman–Crippen MR) is 131 cm³/mol. The van der Waals surface area contributed by atoms with Gasteiger partial charge in [0.25, 0.3) is 0 Å². The van der Waals surface area contributed by atoms with Gasteiger partial charge in [-0.2, -0.15) is 0 Å². The van der Waals surface area contributed by atoms with E-state index in [-0.39, 0.29) is 0 Å². The summed E-state index contributed by atoms with van der Waals surface area (Å²) < 4.78 is 5.46. The summed E-state index contributed by atoms with van der Waals surface area (Å²) in [6, 6.07) is 14.7. The highest BCUT2D eigenvalue weighted by Gasteiger charge is 2.20. The fourth-order valence-electron chi connectivity index (χ4n) is 4.80. The Morgan fingerprint density at radius 3 is 2.64 bits per heavy atom. The predicted octanol–water partition coefficient (Wildman–Crippen LogP) is 6.47. The van der Waals surface area contributed by atoms with Gasteiger partial charge in [0.15, 0.2) is 0 Å². The van der Waals surface area contributed by atoms with Gasteiger partial charge in [-0.15, -0.1) is 0 Å². The van der Waals surface area contributed by atoms with Gasteiger partial charge in [0.2, 0.25) is 0 Å². The van der Waals surface area contributed by atoms with E-state index in [9.17, 15) is 0 Å². The minimum atomic E-state index is 0.721. The average Bonchev–Trinajstić information content (AvgIpc) is 3.35. The summed E-state index contributed by atoms with van der Waals surface area (Å²) in [7, 11) is 0. The van der Waals surface area contributed by atoms with E-state index in [1.807, 2.05) is 45.2 Å². The number of pyridine rings is 1. The van der Waals surface area contributed by atoms with Gasteiger partial charge >= 0.3 is 0 Å². The van der Waals surface area contributed by atoms with E-state index in [0.717, 1.165) is 78.9 Å². The van der Waals surface area contributed by atoms with Crippen LogP contribution in [-0.2, 0) is 6.42 Å². The van der Waals surface area contributed by atoms with Crippen molar-refractivity contribution in [3.8, 4) is 22.4 Å². The Hall–Kier alpha value is -4.06. The molecule has 0 saturated carbocycles. The number of aromatic nitrogens is 5. The molecule has 6 aromatic rings. The van der Waals surface area contributed by atoms with Crippen LogP contribution in [0.5, 0.6) is 0 Å². The van der Waals surface area contributed by atoms with Gasteiger partial charge in [-0.05, 0) is 62.6 Å². The molecule has 0 saturated heterocycles. The van der Waals surface area contributed by atoms with Crippen molar-refractivity contribution < 1.29 is 4.52 Å². The molecule has 0 bridgehead atoms. The Kier molecular flexibility index (Phi) is 4.30. The Morgan fingerprint density at radius 1 is 1.00 bits per heavy atom. The van der Waals surface area contributed by atoms with Crippen molar-refractivity contribution in [3.05, 3.63) is 71.5 Å². The zero-order valence-electron chi connectivity index (χ0n) is 19.0. The summed E-state index contributed by atoms with van der Waals surface area (Å²) >= 11 is 0. The minimum Gasteiger partial charge on any atom is -0.361 e. The summed E-state index contributed by atoms with van der Waals surface area (Å²) in [6.07, 6.45) is 2.79. The third-order valence-corrected chi connectivity index (χ3v) is 6.33. The number of nitrogens with one attached hydrogen (secondary N) is 1. The molecule has 6 nitrogen and oxygen atoms in total. The number of aromatic amines is 1. The fraction of sp³-hybridized carbons (Fsp3) is 0.185. The average molecular weight is 434 g/mol. The summed E-state index contributed by atoms with van der Waals surface area (Å²) in [5, 5.41) is 7.39. The van der Waals surface area contributed by atoms with Crippen molar-refractivity contribution >= 4 is 32.8 Å². The number of benzene rings is 2. The molecule has 0 aliphatic rings. The first-order valence-electron chi connectivity index (χ1n) is 11.1. The highest BCUT2D eigenvalue weighted by molar-refractivity contribution is 6.13. The van der Waals surface area contributed by atoms with Crippen LogP contribution in [0.25, 0.3) is 55.2 Å². The summed E-state index contributed by atoms with van der Waals surface area (Å²) in [5.41, 5.74) is 9.05. The standard InChI is InChI=1S/C27H23N5O/c1-5-17-11-21-23(12-20(17)24-14(2)32-33-15(24)3)31-27-25(21)26(29-16(4)30-27)19-10-18-8-6-7-9-22(18)28-13-19/h6-13H,5H2,1-4H3,(H,29,30,31). The summed E-state index contributed by atoms with van der Waals surface area (Å²) in [4.78, 5) is 17.8. The second kappa shape index (κ2) is 7.24. The lowest BCUT2D eigenvalue weighted by molar-refractivity contribution is 0.393. The molecule has 162 valence electrons. The van der Waals surface area contributed by atoms with Crippen LogP contribution in [0, 0.1) is 20.8 Å². The summed E-state index contributed by atoms with van der Waals surface area (Å²) in [5.74, 6) is 1.55. The van der Waals surface area contributed by atoms with Crippen LogP contribution in [0.4, 0.5) is 0 Å². The number of rotatable bonds is 3. The maximum absolute atomic E-state index is 5.46. The first kappa shape index (κ1) is 19.6. The highest BCUT2D eigenvalue weighted by atomic mass is 16.5. The lowest BCUT2D eigenvalue weighted by atomic mass is 9.94. The first-order valence-corrected chi connectivity index (χ1v) is 11.1. The molecule has 6 heteroatoms. The molecule has 6 rings (SSSR count). The van der Waals surface area contributed by atoms with Gasteiger partial charge in [-0.1, -0.05) is 30.3 Å². The second-order valence-electron chi connectivity index (χ2n) is 8.49. The third-order valence-electron chi connectivity index (χ3n) is 6.33. The lowest BCUT2D eigenvalue weighted by Crippen LogP contribution is -1.94. The number of nitrogens with zero attached hydrogens (tertiary/aromatic N) is 4. The Bertz CT molecular complexity index is 1670. The van der Waals surface area contributed by atoms with Crippen LogP contribution in [-0.4, -0.2) is 25.1 Å². The van der Waals surface area contributed by atoms with E-state index in [0.29, 0.717) is 0 Å². The number of para-hydroxylation sites is 1. The smallest absolute Gasteiger partial charge is 0.142 e. The zero-order chi connectivity index (χ0) is 22.7. The van der Waals surface area contributed by atoms with Gasteiger partial charge in [-0.3, -0.25) is 4.98 Å². The topological polar surface area (TPSA) is 80.5 Å². The molecule has 1 N–H and O–H groups in total. The molecule has 2 aromatic carbocycles. The molecule has 0 spiro atoms. The molecule has 0 atom stereocenters. The van der Waals surface area contributed by atoms with Crippen LogP contribution in [0.15, 0.2) is 53.2 Å². The van der Waals surface area contributed by atoms with Gasteiger partial charge in [0.1, 0.15) is 17.2 Å².